The van der Waals surface area contributed by atoms with Crippen LogP contribution in [0.1, 0.15) is 44.1 Å². The summed E-state index contributed by atoms with van der Waals surface area (Å²) in [6.07, 6.45) is 5.50. The molecule has 1 aromatic rings. The summed E-state index contributed by atoms with van der Waals surface area (Å²) >= 11 is 0. The molecular formula is C20H31IN4O2. The molecule has 1 amide bonds. The highest BCUT2D eigenvalue weighted by Gasteiger charge is 2.35. The first-order valence-electron chi connectivity index (χ1n) is 9.52. The minimum atomic E-state index is -0.735. The number of nitrogens with one attached hydrogen (secondary N) is 2. The number of benzene rings is 1. The number of hydrogen-bond donors (Lipinski definition) is 3. The summed E-state index contributed by atoms with van der Waals surface area (Å²) in [7, 11) is 3.48. The first-order valence-corrected chi connectivity index (χ1v) is 9.52. The van der Waals surface area contributed by atoms with Gasteiger partial charge >= 0.3 is 0 Å². The SMILES string of the molecule is CN(C)C(=O)CN=C(NC1CC1)NC1CCC(O)(c2ccccc2)CC1.I. The Labute approximate surface area is 178 Å². The van der Waals surface area contributed by atoms with Gasteiger partial charge in [0.1, 0.15) is 6.54 Å². The molecule has 0 atom stereocenters. The van der Waals surface area contributed by atoms with Crippen molar-refractivity contribution in [1.29, 1.82) is 0 Å². The number of rotatable bonds is 5. The molecule has 2 saturated carbocycles. The first-order chi connectivity index (χ1) is 12.5. The Morgan fingerprint density at radius 3 is 2.19 bits per heavy atom. The van der Waals surface area contributed by atoms with Gasteiger partial charge in [0.05, 0.1) is 5.60 Å². The number of hydrogen-bond acceptors (Lipinski definition) is 3. The van der Waals surface area contributed by atoms with Gasteiger partial charge in [-0.05, 0) is 44.1 Å². The van der Waals surface area contributed by atoms with E-state index in [1.165, 1.54) is 0 Å². The number of carbonyl (C=O) groups excluding carboxylic acids is 1. The zero-order valence-corrected chi connectivity index (χ0v) is 18.5. The highest BCUT2D eigenvalue weighted by atomic mass is 127. The minimum Gasteiger partial charge on any atom is -0.385 e. The van der Waals surface area contributed by atoms with E-state index in [1.54, 1.807) is 19.0 Å². The van der Waals surface area contributed by atoms with Crippen molar-refractivity contribution in [3.63, 3.8) is 0 Å². The Kier molecular flexibility index (Phi) is 7.91. The molecule has 6 nitrogen and oxygen atoms in total. The number of aliphatic imine (C=N–C) groups is 1. The molecule has 0 radical (unpaired) electrons. The Balaban J connectivity index is 0.00000261. The monoisotopic (exact) mass is 486 g/mol. The van der Waals surface area contributed by atoms with Crippen molar-refractivity contribution < 1.29 is 9.90 Å². The first kappa shape index (κ1) is 21.9. The van der Waals surface area contributed by atoms with Crippen LogP contribution in [-0.4, -0.2) is 54.6 Å². The molecule has 0 aliphatic heterocycles. The fourth-order valence-corrected chi connectivity index (χ4v) is 3.31. The summed E-state index contributed by atoms with van der Waals surface area (Å²) in [6.45, 7) is 0.149. The van der Waals surface area contributed by atoms with E-state index >= 15 is 0 Å². The molecule has 0 bridgehead atoms. The number of guanidine groups is 1. The van der Waals surface area contributed by atoms with Crippen molar-refractivity contribution >= 4 is 35.8 Å². The smallest absolute Gasteiger partial charge is 0.243 e. The molecule has 0 unspecified atom stereocenters. The van der Waals surface area contributed by atoms with Crippen LogP contribution < -0.4 is 10.6 Å². The van der Waals surface area contributed by atoms with Gasteiger partial charge in [0, 0.05) is 26.2 Å². The molecule has 0 spiro atoms. The Morgan fingerprint density at radius 1 is 1.11 bits per heavy atom. The molecule has 27 heavy (non-hydrogen) atoms. The van der Waals surface area contributed by atoms with Gasteiger partial charge in [-0.15, -0.1) is 24.0 Å². The van der Waals surface area contributed by atoms with Crippen molar-refractivity contribution in [2.75, 3.05) is 20.6 Å². The van der Waals surface area contributed by atoms with E-state index in [0.717, 1.165) is 50.0 Å². The molecule has 2 aliphatic rings. The van der Waals surface area contributed by atoms with Crippen LogP contribution in [0, 0.1) is 0 Å². The van der Waals surface area contributed by atoms with Crippen molar-refractivity contribution in [2.45, 2.75) is 56.2 Å². The molecule has 0 heterocycles. The molecule has 2 aliphatic carbocycles. The average molecular weight is 486 g/mol. The molecule has 2 fully saturated rings. The van der Waals surface area contributed by atoms with E-state index < -0.39 is 5.60 Å². The van der Waals surface area contributed by atoms with Crippen LogP contribution in [0.2, 0.25) is 0 Å². The topological polar surface area (TPSA) is 77.0 Å². The van der Waals surface area contributed by atoms with Crippen molar-refractivity contribution in [1.82, 2.24) is 15.5 Å². The summed E-state index contributed by atoms with van der Waals surface area (Å²) in [5, 5.41) is 17.8. The van der Waals surface area contributed by atoms with Gasteiger partial charge in [-0.25, -0.2) is 4.99 Å². The number of amides is 1. The predicted molar refractivity (Wildman–Crippen MR) is 118 cm³/mol. The summed E-state index contributed by atoms with van der Waals surface area (Å²) in [5.74, 6) is 0.710. The second-order valence-corrected chi connectivity index (χ2v) is 7.69. The molecule has 150 valence electrons. The zero-order valence-electron chi connectivity index (χ0n) is 16.1. The van der Waals surface area contributed by atoms with Crippen LogP contribution in [0.5, 0.6) is 0 Å². The standard InChI is InChI=1S/C20H30N4O2.HI/c1-24(2)18(25)14-21-19(22-16-8-9-16)23-17-10-12-20(26,13-11-17)15-6-4-3-5-7-15;/h3-7,16-17,26H,8-14H2,1-2H3,(H2,21,22,23);1H. The van der Waals surface area contributed by atoms with Gasteiger partial charge in [-0.1, -0.05) is 30.3 Å². The second kappa shape index (κ2) is 9.73. The summed E-state index contributed by atoms with van der Waals surface area (Å²) in [4.78, 5) is 17.8. The number of halogens is 1. The van der Waals surface area contributed by atoms with Crippen LogP contribution in [0.4, 0.5) is 0 Å². The number of likely N-dealkylation sites (N-methyl/N-ethyl adjacent to an activating group) is 1. The lowest BCUT2D eigenvalue weighted by atomic mass is 9.78. The fourth-order valence-electron chi connectivity index (χ4n) is 3.31. The average Bonchev–Trinajstić information content (AvgIpc) is 3.46. The molecule has 0 saturated heterocycles. The third kappa shape index (κ3) is 6.34. The molecular weight excluding hydrogens is 455 g/mol. The largest absolute Gasteiger partial charge is 0.385 e. The van der Waals surface area contributed by atoms with Crippen LogP contribution in [0.25, 0.3) is 0 Å². The number of carbonyl (C=O) groups is 1. The molecule has 3 rings (SSSR count). The quantitative estimate of drug-likeness (QED) is 0.339. The van der Waals surface area contributed by atoms with Gasteiger partial charge in [0.15, 0.2) is 5.96 Å². The molecule has 3 N–H and O–H groups in total. The third-order valence-corrected chi connectivity index (χ3v) is 5.25. The number of aliphatic hydroxyl groups is 1. The van der Waals surface area contributed by atoms with Gasteiger partial charge < -0.3 is 20.6 Å². The normalized spacial score (nSPS) is 25.3. The minimum absolute atomic E-state index is 0. The maximum atomic E-state index is 11.8. The molecule has 7 heteroatoms. The lowest BCUT2D eigenvalue weighted by Gasteiger charge is -2.37. The van der Waals surface area contributed by atoms with Crippen molar-refractivity contribution in [3.05, 3.63) is 35.9 Å². The summed E-state index contributed by atoms with van der Waals surface area (Å²) < 4.78 is 0. The Hall–Kier alpha value is -1.35. The summed E-state index contributed by atoms with van der Waals surface area (Å²) in [6, 6.07) is 10.7. The van der Waals surface area contributed by atoms with Crippen LogP contribution in [-0.2, 0) is 10.4 Å². The maximum absolute atomic E-state index is 11.8. The van der Waals surface area contributed by atoms with E-state index in [-0.39, 0.29) is 42.5 Å². The van der Waals surface area contributed by atoms with Crippen LogP contribution in [0.3, 0.4) is 0 Å². The van der Waals surface area contributed by atoms with E-state index in [9.17, 15) is 9.90 Å². The van der Waals surface area contributed by atoms with Gasteiger partial charge in [0.25, 0.3) is 0 Å². The highest BCUT2D eigenvalue weighted by Crippen LogP contribution is 2.36. The van der Waals surface area contributed by atoms with Gasteiger partial charge in [0.2, 0.25) is 5.91 Å². The number of nitrogens with zero attached hydrogens (tertiary/aromatic N) is 2. The van der Waals surface area contributed by atoms with Crippen molar-refractivity contribution in [3.8, 4) is 0 Å². The highest BCUT2D eigenvalue weighted by molar-refractivity contribution is 14.0. The Bertz CT molecular complexity index is 639. The third-order valence-electron chi connectivity index (χ3n) is 5.25. The maximum Gasteiger partial charge on any atom is 0.243 e. The van der Waals surface area contributed by atoms with Gasteiger partial charge in [-0.2, -0.15) is 0 Å². The summed E-state index contributed by atoms with van der Waals surface area (Å²) in [5.41, 5.74) is 0.265. The lowest BCUT2D eigenvalue weighted by Crippen LogP contribution is -2.48. The van der Waals surface area contributed by atoms with E-state index in [4.69, 9.17) is 0 Å². The van der Waals surface area contributed by atoms with E-state index in [0.29, 0.717) is 6.04 Å². The van der Waals surface area contributed by atoms with E-state index in [2.05, 4.69) is 15.6 Å². The second-order valence-electron chi connectivity index (χ2n) is 7.69. The predicted octanol–water partition coefficient (Wildman–Crippen LogP) is 2.22. The van der Waals surface area contributed by atoms with E-state index in [1.807, 2.05) is 30.3 Å². The zero-order chi connectivity index (χ0) is 18.6. The van der Waals surface area contributed by atoms with Crippen LogP contribution in [0.15, 0.2) is 35.3 Å². The fraction of sp³-hybridized carbons (Fsp3) is 0.600. The lowest BCUT2D eigenvalue weighted by molar-refractivity contribution is -0.127. The van der Waals surface area contributed by atoms with Crippen molar-refractivity contribution in [2.24, 2.45) is 4.99 Å². The Morgan fingerprint density at radius 2 is 1.67 bits per heavy atom. The molecule has 0 aromatic heterocycles. The molecule has 1 aromatic carbocycles. The van der Waals surface area contributed by atoms with Gasteiger partial charge in [-0.3, -0.25) is 4.79 Å². The van der Waals surface area contributed by atoms with Crippen LogP contribution >= 0.6 is 24.0 Å².